The molecule has 5 nitrogen and oxygen atoms in total. The van der Waals surface area contributed by atoms with Gasteiger partial charge in [0.1, 0.15) is 6.61 Å². The first kappa shape index (κ1) is 12.6. The molecule has 1 aromatic carbocycles. The fourth-order valence-electron chi connectivity index (χ4n) is 2.01. The van der Waals surface area contributed by atoms with E-state index in [1.165, 1.54) is 4.90 Å². The van der Waals surface area contributed by atoms with E-state index in [1.54, 1.807) is 0 Å². The van der Waals surface area contributed by atoms with Gasteiger partial charge in [-0.15, -0.1) is 0 Å². The maximum atomic E-state index is 11.7. The Labute approximate surface area is 105 Å². The van der Waals surface area contributed by atoms with E-state index in [1.807, 2.05) is 31.2 Å². The fraction of sp³-hybridized carbons (Fsp3) is 0.385. The van der Waals surface area contributed by atoms with Crippen LogP contribution in [-0.2, 0) is 20.9 Å². The van der Waals surface area contributed by atoms with Crippen LogP contribution in [0.1, 0.15) is 11.1 Å². The second-order valence-electron chi connectivity index (χ2n) is 4.38. The lowest BCUT2D eigenvalue weighted by Gasteiger charge is -2.32. The minimum Gasteiger partial charge on any atom is -0.480 e. The Morgan fingerprint density at radius 1 is 1.56 bits per heavy atom. The summed E-state index contributed by atoms with van der Waals surface area (Å²) in [7, 11) is 0. The normalized spacial score (nSPS) is 19.9. The highest BCUT2D eigenvalue weighted by atomic mass is 16.5. The first-order valence-corrected chi connectivity index (χ1v) is 5.73. The van der Waals surface area contributed by atoms with Gasteiger partial charge in [0.15, 0.2) is 6.04 Å². The lowest BCUT2D eigenvalue weighted by atomic mass is 10.1. The number of carboxylic acids is 1. The summed E-state index contributed by atoms with van der Waals surface area (Å²) in [6.07, 6.45) is 0. The molecule has 0 aromatic heterocycles. The van der Waals surface area contributed by atoms with Gasteiger partial charge >= 0.3 is 5.97 Å². The van der Waals surface area contributed by atoms with Crippen LogP contribution in [0.3, 0.4) is 0 Å². The van der Waals surface area contributed by atoms with Gasteiger partial charge in [0.05, 0.1) is 6.61 Å². The number of morpholine rings is 1. The summed E-state index contributed by atoms with van der Waals surface area (Å²) in [6.45, 7) is 2.27. The molecule has 1 amide bonds. The molecule has 0 bridgehead atoms. The summed E-state index contributed by atoms with van der Waals surface area (Å²) in [6, 6.07) is 6.79. The van der Waals surface area contributed by atoms with Crippen LogP contribution in [0.4, 0.5) is 0 Å². The minimum atomic E-state index is -1.03. The van der Waals surface area contributed by atoms with Crippen molar-refractivity contribution in [2.24, 2.45) is 0 Å². The van der Waals surface area contributed by atoms with Crippen LogP contribution in [-0.4, -0.2) is 41.1 Å². The molecule has 18 heavy (non-hydrogen) atoms. The first-order chi connectivity index (χ1) is 8.58. The third-order valence-electron chi connectivity index (χ3n) is 2.92. The van der Waals surface area contributed by atoms with Crippen LogP contribution in [0.2, 0.25) is 0 Å². The maximum absolute atomic E-state index is 11.7. The quantitative estimate of drug-likeness (QED) is 0.860. The van der Waals surface area contributed by atoms with E-state index in [0.717, 1.165) is 11.1 Å². The maximum Gasteiger partial charge on any atom is 0.328 e. The van der Waals surface area contributed by atoms with E-state index in [4.69, 9.17) is 9.84 Å². The topological polar surface area (TPSA) is 66.8 Å². The number of nitrogens with zero attached hydrogens (tertiary/aromatic N) is 1. The monoisotopic (exact) mass is 249 g/mol. The van der Waals surface area contributed by atoms with Crippen molar-refractivity contribution in [3.05, 3.63) is 35.4 Å². The number of hydrogen-bond donors (Lipinski definition) is 1. The van der Waals surface area contributed by atoms with Crippen molar-refractivity contribution in [1.82, 2.24) is 4.90 Å². The fourth-order valence-corrected chi connectivity index (χ4v) is 2.01. The van der Waals surface area contributed by atoms with Crippen molar-refractivity contribution >= 4 is 11.9 Å². The number of aliphatic carboxylic acids is 1. The van der Waals surface area contributed by atoms with E-state index in [0.29, 0.717) is 6.54 Å². The van der Waals surface area contributed by atoms with Crippen LogP contribution in [0.5, 0.6) is 0 Å². The number of aryl methyl sites for hydroxylation is 1. The zero-order valence-electron chi connectivity index (χ0n) is 10.1. The highest BCUT2D eigenvalue weighted by molar-refractivity contribution is 5.85. The van der Waals surface area contributed by atoms with Crippen molar-refractivity contribution in [3.8, 4) is 0 Å². The highest BCUT2D eigenvalue weighted by Gasteiger charge is 2.33. The molecule has 1 N–H and O–H groups in total. The van der Waals surface area contributed by atoms with Gasteiger partial charge in [-0.3, -0.25) is 4.79 Å². The first-order valence-electron chi connectivity index (χ1n) is 5.73. The van der Waals surface area contributed by atoms with E-state index in [2.05, 4.69) is 0 Å². The second-order valence-corrected chi connectivity index (χ2v) is 4.38. The molecule has 0 radical (unpaired) electrons. The van der Waals surface area contributed by atoms with Crippen molar-refractivity contribution < 1.29 is 19.4 Å². The van der Waals surface area contributed by atoms with Crippen LogP contribution in [0.25, 0.3) is 0 Å². The van der Waals surface area contributed by atoms with Crippen LogP contribution in [0.15, 0.2) is 24.3 Å². The number of amides is 1. The standard InChI is InChI=1S/C13H15NO4/c1-9-3-2-4-10(5-9)6-14-11(13(16)17)7-18-8-12(14)15/h2-5,11H,6-8H2,1H3,(H,16,17). The lowest BCUT2D eigenvalue weighted by molar-refractivity contribution is -0.163. The van der Waals surface area contributed by atoms with Gasteiger partial charge in [-0.2, -0.15) is 0 Å². The molecule has 5 heteroatoms. The summed E-state index contributed by atoms with van der Waals surface area (Å²) in [5.74, 6) is -1.31. The van der Waals surface area contributed by atoms with E-state index in [-0.39, 0.29) is 19.1 Å². The zero-order chi connectivity index (χ0) is 13.1. The van der Waals surface area contributed by atoms with Gasteiger partial charge in [-0.05, 0) is 12.5 Å². The van der Waals surface area contributed by atoms with Crippen LogP contribution < -0.4 is 0 Å². The Bertz CT molecular complexity index is 472. The molecular formula is C13H15NO4. The average molecular weight is 249 g/mol. The molecule has 1 aromatic rings. The van der Waals surface area contributed by atoms with Crippen molar-refractivity contribution in [2.45, 2.75) is 19.5 Å². The van der Waals surface area contributed by atoms with Gasteiger partial charge in [-0.1, -0.05) is 29.8 Å². The van der Waals surface area contributed by atoms with Crippen molar-refractivity contribution in [2.75, 3.05) is 13.2 Å². The summed E-state index contributed by atoms with van der Waals surface area (Å²) in [5, 5.41) is 9.09. The Balaban J connectivity index is 2.18. The summed E-state index contributed by atoms with van der Waals surface area (Å²) < 4.78 is 4.98. The largest absolute Gasteiger partial charge is 0.480 e. The molecule has 1 unspecified atom stereocenters. The molecule has 0 saturated carbocycles. The van der Waals surface area contributed by atoms with Gasteiger partial charge < -0.3 is 14.7 Å². The molecule has 1 heterocycles. The number of carbonyl (C=O) groups excluding carboxylic acids is 1. The van der Waals surface area contributed by atoms with E-state index in [9.17, 15) is 9.59 Å². The number of carbonyl (C=O) groups is 2. The molecule has 1 saturated heterocycles. The Morgan fingerprint density at radius 3 is 3.00 bits per heavy atom. The van der Waals surface area contributed by atoms with Crippen molar-refractivity contribution in [3.63, 3.8) is 0 Å². The predicted octanol–water partition coefficient (Wildman–Crippen LogP) is 0.807. The molecule has 1 fully saturated rings. The Morgan fingerprint density at radius 2 is 2.33 bits per heavy atom. The molecule has 0 aliphatic carbocycles. The zero-order valence-corrected chi connectivity index (χ0v) is 10.1. The molecule has 96 valence electrons. The number of carboxylic acid groups (broad SMARTS) is 1. The van der Waals surface area contributed by atoms with E-state index >= 15 is 0 Å². The van der Waals surface area contributed by atoms with Crippen molar-refractivity contribution in [1.29, 1.82) is 0 Å². The summed E-state index contributed by atoms with van der Waals surface area (Å²) in [5.41, 5.74) is 2.01. The lowest BCUT2D eigenvalue weighted by Crippen LogP contribution is -2.52. The van der Waals surface area contributed by atoms with Gasteiger partial charge in [0, 0.05) is 6.54 Å². The van der Waals surface area contributed by atoms with E-state index < -0.39 is 12.0 Å². The smallest absolute Gasteiger partial charge is 0.328 e. The van der Waals surface area contributed by atoms with Gasteiger partial charge in [-0.25, -0.2) is 4.79 Å². The average Bonchev–Trinajstić information content (AvgIpc) is 2.31. The number of ether oxygens (including phenoxy) is 1. The predicted molar refractivity (Wildman–Crippen MR) is 64.0 cm³/mol. The molecule has 1 aliphatic heterocycles. The third kappa shape index (κ3) is 2.68. The summed E-state index contributed by atoms with van der Waals surface area (Å²) >= 11 is 0. The van der Waals surface area contributed by atoms with Crippen LogP contribution in [0, 0.1) is 6.92 Å². The minimum absolute atomic E-state index is 0.0460. The molecule has 2 rings (SSSR count). The summed E-state index contributed by atoms with van der Waals surface area (Å²) in [4.78, 5) is 24.2. The van der Waals surface area contributed by atoms with Gasteiger partial charge in [0.25, 0.3) is 0 Å². The Hall–Kier alpha value is -1.88. The third-order valence-corrected chi connectivity index (χ3v) is 2.92. The number of benzene rings is 1. The molecular weight excluding hydrogens is 234 g/mol. The molecule has 1 atom stereocenters. The van der Waals surface area contributed by atoms with Crippen LogP contribution >= 0.6 is 0 Å². The SMILES string of the molecule is Cc1cccc(CN2C(=O)COCC2C(=O)O)c1. The second kappa shape index (κ2) is 5.18. The number of rotatable bonds is 3. The molecule has 1 aliphatic rings. The molecule has 0 spiro atoms. The highest BCUT2D eigenvalue weighted by Crippen LogP contribution is 2.14. The number of hydrogen-bond acceptors (Lipinski definition) is 3. The Kier molecular flexibility index (Phi) is 3.62. The van der Waals surface area contributed by atoms with Gasteiger partial charge in [0.2, 0.25) is 5.91 Å².